The molecular weight excluding hydrogens is 190 g/mol. The molecule has 0 bridgehead atoms. The van der Waals surface area contributed by atoms with Crippen LogP contribution in [0, 0.1) is 0 Å². The third-order valence-corrected chi connectivity index (χ3v) is 2.40. The number of hydrogen-bond acceptors (Lipinski definition) is 4. The van der Waals surface area contributed by atoms with E-state index in [4.69, 9.17) is 4.74 Å². The minimum Gasteiger partial charge on any atom is -0.380 e. The summed E-state index contributed by atoms with van der Waals surface area (Å²) in [5.74, 6) is 0. The molecule has 2 atom stereocenters. The van der Waals surface area contributed by atoms with Crippen molar-refractivity contribution >= 4 is 0 Å². The van der Waals surface area contributed by atoms with Crippen molar-refractivity contribution in [2.45, 2.75) is 32.4 Å². The van der Waals surface area contributed by atoms with Gasteiger partial charge in [0.2, 0.25) is 0 Å². The van der Waals surface area contributed by atoms with Crippen LogP contribution < -0.4 is 5.32 Å². The van der Waals surface area contributed by atoms with Gasteiger partial charge in [0, 0.05) is 25.1 Å². The molecule has 0 saturated heterocycles. The molecule has 0 aliphatic carbocycles. The first-order valence-corrected chi connectivity index (χ1v) is 5.30. The Kier molecular flexibility index (Phi) is 5.21. The Morgan fingerprint density at radius 3 is 2.60 bits per heavy atom. The lowest BCUT2D eigenvalue weighted by Gasteiger charge is -2.23. The maximum atomic E-state index is 5.35. The van der Waals surface area contributed by atoms with Gasteiger partial charge in [-0.15, -0.1) is 0 Å². The van der Waals surface area contributed by atoms with Crippen LogP contribution in [0.25, 0.3) is 0 Å². The predicted octanol–water partition coefficient (Wildman–Crippen LogP) is 1.55. The Bertz CT molecular complexity index is 266. The summed E-state index contributed by atoms with van der Waals surface area (Å²) < 4.78 is 5.35. The topological polar surface area (TPSA) is 47.0 Å². The second-order valence-corrected chi connectivity index (χ2v) is 3.54. The molecule has 0 radical (unpaired) electrons. The van der Waals surface area contributed by atoms with Crippen molar-refractivity contribution in [1.29, 1.82) is 0 Å². The van der Waals surface area contributed by atoms with Gasteiger partial charge in [0.05, 0.1) is 12.1 Å². The fourth-order valence-corrected chi connectivity index (χ4v) is 1.46. The van der Waals surface area contributed by atoms with Gasteiger partial charge in [0.15, 0.2) is 0 Å². The molecule has 0 aromatic carbocycles. The van der Waals surface area contributed by atoms with Gasteiger partial charge < -0.3 is 10.1 Å². The Balaban J connectivity index is 2.72. The van der Waals surface area contributed by atoms with Gasteiger partial charge in [-0.2, -0.15) is 0 Å². The van der Waals surface area contributed by atoms with Gasteiger partial charge in [0.25, 0.3) is 0 Å². The van der Waals surface area contributed by atoms with Crippen molar-refractivity contribution in [2.75, 3.05) is 13.7 Å². The summed E-state index contributed by atoms with van der Waals surface area (Å²) in [5, 5.41) is 3.43. The van der Waals surface area contributed by atoms with E-state index < -0.39 is 0 Å². The lowest BCUT2D eigenvalue weighted by Crippen LogP contribution is -2.32. The van der Waals surface area contributed by atoms with Crippen molar-refractivity contribution < 1.29 is 4.74 Å². The molecule has 84 valence electrons. The smallest absolute Gasteiger partial charge is 0.115 e. The van der Waals surface area contributed by atoms with Crippen LogP contribution in [0.15, 0.2) is 18.7 Å². The van der Waals surface area contributed by atoms with E-state index in [-0.39, 0.29) is 12.1 Å². The van der Waals surface area contributed by atoms with Crippen LogP contribution in [-0.2, 0) is 4.74 Å². The third kappa shape index (κ3) is 3.57. The van der Waals surface area contributed by atoms with E-state index in [1.807, 2.05) is 19.3 Å². The first-order valence-electron chi connectivity index (χ1n) is 5.30. The molecule has 1 heterocycles. The molecule has 1 N–H and O–H groups in total. The van der Waals surface area contributed by atoms with Crippen LogP contribution in [0.2, 0.25) is 0 Å². The fraction of sp³-hybridized carbons (Fsp3) is 0.636. The van der Waals surface area contributed by atoms with Crippen LogP contribution >= 0.6 is 0 Å². The molecule has 0 amide bonds. The van der Waals surface area contributed by atoms with Crippen molar-refractivity contribution in [3.63, 3.8) is 0 Å². The largest absolute Gasteiger partial charge is 0.380 e. The SMILES string of the molecule is CCCNC(c1cncnc1)C(C)OC. The van der Waals surface area contributed by atoms with E-state index in [0.717, 1.165) is 18.5 Å². The summed E-state index contributed by atoms with van der Waals surface area (Å²) in [7, 11) is 1.72. The third-order valence-electron chi connectivity index (χ3n) is 2.40. The quantitative estimate of drug-likeness (QED) is 0.772. The molecule has 1 aromatic rings. The zero-order chi connectivity index (χ0) is 11.1. The highest BCUT2D eigenvalue weighted by molar-refractivity contribution is 5.10. The van der Waals surface area contributed by atoms with E-state index >= 15 is 0 Å². The summed E-state index contributed by atoms with van der Waals surface area (Å²) in [6.45, 7) is 5.15. The summed E-state index contributed by atoms with van der Waals surface area (Å²) >= 11 is 0. The summed E-state index contributed by atoms with van der Waals surface area (Å²) in [6, 6.07) is 0.163. The van der Waals surface area contributed by atoms with Crippen LogP contribution in [-0.4, -0.2) is 29.7 Å². The molecule has 1 aromatic heterocycles. The molecule has 2 unspecified atom stereocenters. The van der Waals surface area contributed by atoms with Crippen LogP contribution in [0.1, 0.15) is 31.9 Å². The number of rotatable bonds is 6. The summed E-state index contributed by atoms with van der Waals surface area (Å²) in [6.07, 6.45) is 6.41. The van der Waals surface area contributed by atoms with Crippen molar-refractivity contribution in [3.05, 3.63) is 24.3 Å². The number of methoxy groups -OCH3 is 1. The van der Waals surface area contributed by atoms with E-state index in [1.54, 1.807) is 7.11 Å². The zero-order valence-electron chi connectivity index (χ0n) is 9.60. The van der Waals surface area contributed by atoms with Crippen LogP contribution in [0.3, 0.4) is 0 Å². The molecule has 0 aliphatic rings. The van der Waals surface area contributed by atoms with Crippen LogP contribution in [0.4, 0.5) is 0 Å². The highest BCUT2D eigenvalue weighted by Crippen LogP contribution is 2.16. The Morgan fingerprint density at radius 2 is 2.07 bits per heavy atom. The second kappa shape index (κ2) is 6.48. The van der Waals surface area contributed by atoms with Gasteiger partial charge >= 0.3 is 0 Å². The molecule has 0 spiro atoms. The van der Waals surface area contributed by atoms with Crippen LogP contribution in [0.5, 0.6) is 0 Å². The van der Waals surface area contributed by atoms with E-state index in [0.29, 0.717) is 0 Å². The Hall–Kier alpha value is -1.00. The summed E-state index contributed by atoms with van der Waals surface area (Å²) in [5.41, 5.74) is 1.07. The zero-order valence-corrected chi connectivity index (χ0v) is 9.60. The number of ether oxygens (including phenoxy) is 1. The highest BCUT2D eigenvalue weighted by atomic mass is 16.5. The first kappa shape index (κ1) is 12.1. The van der Waals surface area contributed by atoms with Crippen molar-refractivity contribution in [1.82, 2.24) is 15.3 Å². The van der Waals surface area contributed by atoms with E-state index in [2.05, 4.69) is 22.2 Å². The lowest BCUT2D eigenvalue weighted by molar-refractivity contribution is 0.0828. The molecule has 4 heteroatoms. The molecule has 15 heavy (non-hydrogen) atoms. The van der Waals surface area contributed by atoms with Crippen molar-refractivity contribution in [2.24, 2.45) is 0 Å². The van der Waals surface area contributed by atoms with Gasteiger partial charge in [-0.3, -0.25) is 0 Å². The first-order chi connectivity index (χ1) is 7.29. The van der Waals surface area contributed by atoms with Gasteiger partial charge in [-0.1, -0.05) is 6.92 Å². The maximum Gasteiger partial charge on any atom is 0.115 e. The average Bonchev–Trinajstić information content (AvgIpc) is 2.30. The maximum absolute atomic E-state index is 5.35. The molecule has 1 rings (SSSR count). The van der Waals surface area contributed by atoms with E-state index in [1.165, 1.54) is 6.33 Å². The molecule has 0 saturated carbocycles. The Morgan fingerprint density at radius 1 is 1.40 bits per heavy atom. The summed E-state index contributed by atoms with van der Waals surface area (Å²) in [4.78, 5) is 8.05. The van der Waals surface area contributed by atoms with Gasteiger partial charge in [-0.05, 0) is 19.9 Å². The number of nitrogens with one attached hydrogen (secondary N) is 1. The number of nitrogens with zero attached hydrogens (tertiary/aromatic N) is 2. The normalized spacial score (nSPS) is 14.9. The molecule has 0 aliphatic heterocycles. The second-order valence-electron chi connectivity index (χ2n) is 3.54. The van der Waals surface area contributed by atoms with E-state index in [9.17, 15) is 0 Å². The standard InChI is InChI=1S/C11H19N3O/c1-4-5-14-11(9(2)15-3)10-6-12-8-13-7-10/h6-9,11,14H,4-5H2,1-3H3. The number of aromatic nitrogens is 2. The average molecular weight is 209 g/mol. The molecule has 4 nitrogen and oxygen atoms in total. The Labute approximate surface area is 91.1 Å². The monoisotopic (exact) mass is 209 g/mol. The molecular formula is C11H19N3O. The van der Waals surface area contributed by atoms with Crippen molar-refractivity contribution in [3.8, 4) is 0 Å². The minimum absolute atomic E-state index is 0.113. The minimum atomic E-state index is 0.113. The number of hydrogen-bond donors (Lipinski definition) is 1. The predicted molar refractivity (Wildman–Crippen MR) is 59.5 cm³/mol. The highest BCUT2D eigenvalue weighted by Gasteiger charge is 2.18. The molecule has 0 fully saturated rings. The van der Waals surface area contributed by atoms with Gasteiger partial charge in [-0.25, -0.2) is 9.97 Å². The fourth-order valence-electron chi connectivity index (χ4n) is 1.46. The van der Waals surface area contributed by atoms with Gasteiger partial charge in [0.1, 0.15) is 6.33 Å². The lowest BCUT2D eigenvalue weighted by atomic mass is 10.1.